The minimum absolute atomic E-state index is 0.193. The molecule has 1 fully saturated rings. The van der Waals surface area contributed by atoms with E-state index in [9.17, 15) is 13.2 Å². The molecule has 82 valence electrons. The molecule has 1 aliphatic rings. The van der Waals surface area contributed by atoms with Crippen LogP contribution in [0.3, 0.4) is 0 Å². The van der Waals surface area contributed by atoms with Gasteiger partial charge < -0.3 is 5.32 Å². The summed E-state index contributed by atoms with van der Waals surface area (Å²) in [6.45, 7) is 1.53. The van der Waals surface area contributed by atoms with Crippen molar-refractivity contribution in [2.75, 3.05) is 4.66 Å². The van der Waals surface area contributed by atoms with Gasteiger partial charge in [-0.2, -0.15) is 0 Å². The maximum Gasteiger partial charge on any atom is 0.238 e. The van der Waals surface area contributed by atoms with E-state index in [1.807, 2.05) is 0 Å². The van der Waals surface area contributed by atoms with Crippen molar-refractivity contribution >= 4 is 31.9 Å². The number of amides is 1. The third-order valence-electron chi connectivity index (χ3n) is 1.82. The largest absolute Gasteiger partial charge is 0.352 e. The lowest BCUT2D eigenvalue weighted by Gasteiger charge is -2.12. The quantitative estimate of drug-likeness (QED) is 0.694. The molecular weight excluding hydrogens is 272 g/mol. The van der Waals surface area contributed by atoms with E-state index in [2.05, 4.69) is 26.0 Å². The Morgan fingerprint density at radius 1 is 1.57 bits per heavy atom. The van der Waals surface area contributed by atoms with Gasteiger partial charge in [-0.15, -0.1) is 0 Å². The summed E-state index contributed by atoms with van der Waals surface area (Å²) in [5.74, 6) is -0.267. The van der Waals surface area contributed by atoms with Crippen molar-refractivity contribution in [1.82, 2.24) is 10.0 Å². The molecule has 0 spiro atoms. The van der Waals surface area contributed by atoms with Gasteiger partial charge in [0, 0.05) is 6.04 Å². The molecule has 5 nitrogen and oxygen atoms in total. The fraction of sp³-hybridized carbons (Fsp3) is 0.857. The summed E-state index contributed by atoms with van der Waals surface area (Å²) in [5.41, 5.74) is 0. The van der Waals surface area contributed by atoms with Crippen LogP contribution in [0.2, 0.25) is 0 Å². The van der Waals surface area contributed by atoms with Crippen LogP contribution in [0.1, 0.15) is 19.8 Å². The zero-order valence-corrected chi connectivity index (χ0v) is 10.2. The Labute approximate surface area is 91.8 Å². The lowest BCUT2D eigenvalue weighted by atomic mass is 10.3. The highest BCUT2D eigenvalue weighted by molar-refractivity contribution is 9.10. The molecule has 7 heteroatoms. The van der Waals surface area contributed by atoms with E-state index in [0.717, 1.165) is 12.8 Å². The zero-order valence-electron chi connectivity index (χ0n) is 7.79. The van der Waals surface area contributed by atoms with Crippen molar-refractivity contribution in [2.24, 2.45) is 0 Å². The second kappa shape index (κ2) is 4.59. The first-order valence-corrected chi connectivity index (χ1v) is 7.08. The maximum absolute atomic E-state index is 11.3. The van der Waals surface area contributed by atoms with E-state index in [4.69, 9.17) is 0 Å². The van der Waals surface area contributed by atoms with E-state index in [0.29, 0.717) is 0 Å². The normalized spacial score (nSPS) is 19.0. The molecular formula is C7H13BrN2O3S. The topological polar surface area (TPSA) is 75.3 Å². The van der Waals surface area contributed by atoms with Gasteiger partial charge in [0.05, 0.1) is 6.04 Å². The number of nitrogens with one attached hydrogen (secondary N) is 2. The summed E-state index contributed by atoms with van der Waals surface area (Å²) in [5, 5.41) is 2.72. The minimum Gasteiger partial charge on any atom is -0.352 e. The van der Waals surface area contributed by atoms with Crippen LogP contribution in [-0.2, 0) is 14.8 Å². The van der Waals surface area contributed by atoms with E-state index in [1.165, 1.54) is 6.92 Å². The first-order chi connectivity index (χ1) is 6.44. The highest BCUT2D eigenvalue weighted by atomic mass is 79.9. The van der Waals surface area contributed by atoms with E-state index in [-0.39, 0.29) is 16.6 Å². The number of hydrogen-bond donors (Lipinski definition) is 2. The van der Waals surface area contributed by atoms with Crippen molar-refractivity contribution < 1.29 is 13.2 Å². The molecule has 1 atom stereocenters. The Morgan fingerprint density at radius 2 is 2.14 bits per heavy atom. The SMILES string of the molecule is CC(NS(=O)(=O)CBr)C(=O)NC1CC1. The highest BCUT2D eigenvalue weighted by Crippen LogP contribution is 2.18. The molecule has 0 aromatic heterocycles. The summed E-state index contributed by atoms with van der Waals surface area (Å²) in [7, 11) is -3.37. The van der Waals surface area contributed by atoms with E-state index >= 15 is 0 Å². The maximum atomic E-state index is 11.3. The molecule has 0 saturated heterocycles. The molecule has 1 saturated carbocycles. The lowest BCUT2D eigenvalue weighted by molar-refractivity contribution is -0.122. The average molecular weight is 285 g/mol. The van der Waals surface area contributed by atoms with Gasteiger partial charge in [-0.25, -0.2) is 13.1 Å². The van der Waals surface area contributed by atoms with Crippen molar-refractivity contribution in [3.05, 3.63) is 0 Å². The lowest BCUT2D eigenvalue weighted by Crippen LogP contribution is -2.45. The number of carbonyl (C=O) groups is 1. The molecule has 0 heterocycles. The van der Waals surface area contributed by atoms with Crippen LogP contribution >= 0.6 is 15.9 Å². The van der Waals surface area contributed by atoms with Crippen molar-refractivity contribution in [3.8, 4) is 0 Å². The van der Waals surface area contributed by atoms with Gasteiger partial charge in [0.15, 0.2) is 0 Å². The van der Waals surface area contributed by atoms with Crippen molar-refractivity contribution in [3.63, 3.8) is 0 Å². The minimum atomic E-state index is -3.37. The molecule has 1 aliphatic carbocycles. The summed E-state index contributed by atoms with van der Waals surface area (Å²) in [4.78, 5) is 11.3. The number of alkyl halides is 1. The molecule has 0 radical (unpaired) electrons. The van der Waals surface area contributed by atoms with E-state index in [1.54, 1.807) is 0 Å². The average Bonchev–Trinajstić information content (AvgIpc) is 2.87. The smallest absolute Gasteiger partial charge is 0.238 e. The first-order valence-electron chi connectivity index (χ1n) is 4.31. The molecule has 1 unspecified atom stereocenters. The molecule has 1 rings (SSSR count). The van der Waals surface area contributed by atoms with Gasteiger partial charge in [0.25, 0.3) is 0 Å². The fourth-order valence-electron chi connectivity index (χ4n) is 0.908. The highest BCUT2D eigenvalue weighted by Gasteiger charge is 2.27. The van der Waals surface area contributed by atoms with Gasteiger partial charge in [0.1, 0.15) is 4.66 Å². The zero-order chi connectivity index (χ0) is 10.8. The van der Waals surface area contributed by atoms with Crippen molar-refractivity contribution in [1.29, 1.82) is 0 Å². The van der Waals surface area contributed by atoms with Gasteiger partial charge in [-0.3, -0.25) is 4.79 Å². The van der Waals surface area contributed by atoms with Crippen LogP contribution in [-0.4, -0.2) is 31.1 Å². The predicted octanol–water partition coefficient (Wildman–Crippen LogP) is -0.0747. The number of sulfonamides is 1. The molecule has 2 N–H and O–H groups in total. The van der Waals surface area contributed by atoms with Crippen LogP contribution in [0.15, 0.2) is 0 Å². The Hall–Kier alpha value is -0.140. The van der Waals surface area contributed by atoms with Gasteiger partial charge >= 0.3 is 0 Å². The third-order valence-corrected chi connectivity index (χ3v) is 4.63. The summed E-state index contributed by atoms with van der Waals surface area (Å²) in [6, 6.07) is -0.462. The van der Waals surface area contributed by atoms with Crippen LogP contribution in [0, 0.1) is 0 Å². The Kier molecular flexibility index (Phi) is 3.91. The Morgan fingerprint density at radius 3 is 2.57 bits per heavy atom. The standard InChI is InChI=1S/C7H13BrN2O3S/c1-5(10-14(12,13)4-8)7(11)9-6-2-3-6/h5-6,10H,2-4H2,1H3,(H,9,11). The fourth-order valence-corrected chi connectivity index (χ4v) is 2.01. The number of carbonyl (C=O) groups excluding carboxylic acids is 1. The van der Waals surface area contributed by atoms with Crippen LogP contribution in [0.5, 0.6) is 0 Å². The third kappa shape index (κ3) is 3.93. The molecule has 1 amide bonds. The molecule has 0 aromatic rings. The van der Waals surface area contributed by atoms with Gasteiger partial charge in [0.2, 0.25) is 15.9 Å². The van der Waals surface area contributed by atoms with Gasteiger partial charge in [-0.05, 0) is 19.8 Å². The number of rotatable bonds is 5. The first kappa shape index (κ1) is 11.9. The van der Waals surface area contributed by atoms with Gasteiger partial charge in [-0.1, -0.05) is 15.9 Å². The van der Waals surface area contributed by atoms with Crippen LogP contribution < -0.4 is 10.0 Å². The summed E-state index contributed by atoms with van der Waals surface area (Å²) in [6.07, 6.45) is 1.98. The van der Waals surface area contributed by atoms with E-state index < -0.39 is 16.1 Å². The molecule has 0 aliphatic heterocycles. The monoisotopic (exact) mass is 284 g/mol. The second-order valence-electron chi connectivity index (χ2n) is 3.35. The molecule has 14 heavy (non-hydrogen) atoms. The number of halogens is 1. The summed E-state index contributed by atoms with van der Waals surface area (Å²) >= 11 is 2.83. The second-order valence-corrected chi connectivity index (χ2v) is 6.40. The predicted molar refractivity (Wildman–Crippen MR) is 56.5 cm³/mol. The number of hydrogen-bond acceptors (Lipinski definition) is 3. The molecule has 0 aromatic carbocycles. The summed E-state index contributed by atoms with van der Waals surface area (Å²) < 4.78 is 24.2. The Balaban J connectivity index is 2.39. The van der Waals surface area contributed by atoms with Crippen LogP contribution in [0.25, 0.3) is 0 Å². The Bertz CT molecular complexity index is 313. The van der Waals surface area contributed by atoms with Crippen LogP contribution in [0.4, 0.5) is 0 Å². The molecule has 0 bridgehead atoms. The van der Waals surface area contributed by atoms with Crippen molar-refractivity contribution in [2.45, 2.75) is 31.8 Å².